The molecule has 14 N–H and O–H groups in total. The van der Waals surface area contributed by atoms with Crippen molar-refractivity contribution >= 4 is 53.2 Å². The second kappa shape index (κ2) is 15.6. The van der Waals surface area contributed by atoms with Crippen molar-refractivity contribution in [2.75, 3.05) is 18.9 Å². The number of nitrogens with one attached hydrogen (secondary N) is 4. The van der Waals surface area contributed by atoms with Gasteiger partial charge in [0, 0.05) is 12.3 Å². The van der Waals surface area contributed by atoms with E-state index in [0.29, 0.717) is 0 Å². The third-order valence-corrected chi connectivity index (χ3v) is 6.74. The van der Waals surface area contributed by atoms with Gasteiger partial charge in [-0.25, -0.2) is 0 Å². The van der Waals surface area contributed by atoms with E-state index >= 15 is 0 Å². The second-order valence-electron chi connectivity index (χ2n) is 8.47. The molecule has 214 valence electrons. The van der Waals surface area contributed by atoms with Crippen molar-refractivity contribution in [3.05, 3.63) is 0 Å². The van der Waals surface area contributed by atoms with Gasteiger partial charge in [-0.2, -0.15) is 0 Å². The summed E-state index contributed by atoms with van der Waals surface area (Å²) < 4.78 is 0. The first-order valence-electron chi connectivity index (χ1n) is 11.5. The van der Waals surface area contributed by atoms with Crippen LogP contribution in [0.3, 0.4) is 0 Å². The fraction of sp³-hybridized carbons (Fsp3) is 0.650. The van der Waals surface area contributed by atoms with Gasteiger partial charge in [-0.3, -0.25) is 33.8 Å². The Bertz CT molecular complexity index is 930. The van der Waals surface area contributed by atoms with Gasteiger partial charge in [0.15, 0.2) is 5.96 Å². The molecule has 38 heavy (non-hydrogen) atoms. The third kappa shape index (κ3) is 10.8. The molecule has 0 aromatic heterocycles. The van der Waals surface area contributed by atoms with Gasteiger partial charge in [-0.15, -0.1) is 11.8 Å². The quantitative estimate of drug-likeness (QED) is 0.0753. The fourth-order valence-electron chi connectivity index (χ4n) is 3.30. The maximum Gasteiger partial charge on any atom is 0.318 e. The van der Waals surface area contributed by atoms with Crippen molar-refractivity contribution in [2.45, 2.75) is 61.6 Å². The van der Waals surface area contributed by atoms with Crippen molar-refractivity contribution in [2.24, 2.45) is 27.9 Å². The molecular weight excluding hydrogens is 526 g/mol. The van der Waals surface area contributed by atoms with Crippen LogP contribution in [0.25, 0.3) is 0 Å². The number of aliphatic hydroxyl groups is 1. The summed E-state index contributed by atoms with van der Waals surface area (Å²) in [5.41, 5.74) is 21.7. The monoisotopic (exact) mass is 561 g/mol. The van der Waals surface area contributed by atoms with Crippen LogP contribution in [0.4, 0.5) is 0 Å². The van der Waals surface area contributed by atoms with Gasteiger partial charge < -0.3 is 54.4 Å². The molecule has 1 heterocycles. The Kier molecular flexibility index (Phi) is 13.3. The van der Waals surface area contributed by atoms with Crippen LogP contribution in [0.1, 0.15) is 26.2 Å². The van der Waals surface area contributed by atoms with Crippen LogP contribution in [0.15, 0.2) is 4.99 Å². The highest BCUT2D eigenvalue weighted by atomic mass is 32.2. The Morgan fingerprint density at radius 1 is 0.974 bits per heavy atom. The molecule has 0 aromatic rings. The van der Waals surface area contributed by atoms with Crippen LogP contribution in [0.2, 0.25) is 0 Å². The molecule has 1 saturated heterocycles. The van der Waals surface area contributed by atoms with E-state index in [1.54, 1.807) is 0 Å². The molecule has 0 spiro atoms. The largest absolute Gasteiger partial charge is 0.480 e. The number of thioether (sulfide) groups is 1. The maximum absolute atomic E-state index is 13.1. The highest BCUT2D eigenvalue weighted by molar-refractivity contribution is 8.00. The normalized spacial score (nSPS) is 27.8. The number of carbonyl (C=O) groups excluding carboxylic acids is 5. The lowest BCUT2D eigenvalue weighted by molar-refractivity contribution is -0.138. The molecular formula is C20H35N9O8S. The Labute approximate surface area is 222 Å². The smallest absolute Gasteiger partial charge is 0.318 e. The van der Waals surface area contributed by atoms with Crippen molar-refractivity contribution < 1.29 is 39.0 Å². The summed E-state index contributed by atoms with van der Waals surface area (Å²) in [6.07, 6.45) is -0.317. The van der Waals surface area contributed by atoms with E-state index in [0.717, 1.165) is 11.8 Å². The number of hydrogen-bond donors (Lipinski definition) is 10. The molecule has 18 heteroatoms. The summed E-state index contributed by atoms with van der Waals surface area (Å²) in [5.74, 6) is -6.26. The Morgan fingerprint density at radius 3 is 2.13 bits per heavy atom. The van der Waals surface area contributed by atoms with Gasteiger partial charge in [0.1, 0.15) is 23.4 Å². The van der Waals surface area contributed by atoms with E-state index in [1.165, 1.54) is 6.92 Å². The van der Waals surface area contributed by atoms with E-state index in [4.69, 9.17) is 22.9 Å². The first kappa shape index (κ1) is 32.4. The zero-order valence-corrected chi connectivity index (χ0v) is 21.5. The van der Waals surface area contributed by atoms with E-state index in [-0.39, 0.29) is 31.1 Å². The average Bonchev–Trinajstić information content (AvgIpc) is 2.82. The molecule has 0 aliphatic carbocycles. The summed E-state index contributed by atoms with van der Waals surface area (Å²) in [4.78, 5) is 78.2. The topological polar surface area (TPSA) is 307 Å². The van der Waals surface area contributed by atoms with Gasteiger partial charge in [0.25, 0.3) is 0 Å². The number of aliphatic hydroxyl groups excluding tert-OH is 1. The molecule has 5 amide bonds. The number of amides is 5. The number of primary amides is 1. The van der Waals surface area contributed by atoms with Crippen molar-refractivity contribution in [1.29, 1.82) is 0 Å². The summed E-state index contributed by atoms with van der Waals surface area (Å²) in [6, 6.07) is -6.60. The minimum Gasteiger partial charge on any atom is -0.480 e. The number of aliphatic imine (C=N–C) groups is 1. The lowest BCUT2D eigenvalue weighted by Crippen LogP contribution is -2.60. The van der Waals surface area contributed by atoms with E-state index in [1.807, 2.05) is 0 Å². The number of carbonyl (C=O) groups is 6. The number of guanidine groups is 1. The third-order valence-electron chi connectivity index (χ3n) is 5.30. The minimum absolute atomic E-state index is 0.0597. The van der Waals surface area contributed by atoms with Crippen LogP contribution < -0.4 is 44.2 Å². The van der Waals surface area contributed by atoms with E-state index < -0.39 is 84.0 Å². The molecule has 1 fully saturated rings. The standard InChI is InChI=1S/C20H35N9O8S/c1-8-15(32)28-11(5-13(22)31)17(34)27-10(3-2-4-25-20(23)24)14(19(36)37)38-7-9(21)16(33)29-12(6-30)18(35)26-8/h8-12,14,30H,2-7,21H2,1H3,(H2,22,31)(H,26,35)(H,27,34)(H,28,32)(H,29,33)(H,36,37)(H4,23,24,25)/t8-,9-,10?,11-,12?,14?/m0/s1. The van der Waals surface area contributed by atoms with Gasteiger partial charge in [-0.1, -0.05) is 0 Å². The molecule has 1 aliphatic rings. The zero-order chi connectivity index (χ0) is 29.0. The lowest BCUT2D eigenvalue weighted by Gasteiger charge is -2.29. The summed E-state index contributed by atoms with van der Waals surface area (Å²) >= 11 is 0.750. The van der Waals surface area contributed by atoms with Crippen LogP contribution in [-0.4, -0.2) is 106 Å². The number of carboxylic acid groups (broad SMARTS) is 1. The van der Waals surface area contributed by atoms with Gasteiger partial charge in [0.05, 0.1) is 25.1 Å². The number of carboxylic acids is 1. The molecule has 1 aliphatic heterocycles. The predicted molar refractivity (Wildman–Crippen MR) is 136 cm³/mol. The highest BCUT2D eigenvalue weighted by Gasteiger charge is 2.35. The maximum atomic E-state index is 13.1. The van der Waals surface area contributed by atoms with Crippen molar-refractivity contribution in [3.63, 3.8) is 0 Å². The Hall–Kier alpha value is -3.64. The molecule has 1 rings (SSSR count). The first-order chi connectivity index (χ1) is 17.8. The van der Waals surface area contributed by atoms with E-state index in [9.17, 15) is 39.0 Å². The number of aliphatic carboxylic acids is 1. The van der Waals surface area contributed by atoms with Crippen LogP contribution >= 0.6 is 11.8 Å². The molecule has 3 unspecified atom stereocenters. The lowest BCUT2D eigenvalue weighted by atomic mass is 10.1. The zero-order valence-electron chi connectivity index (χ0n) is 20.7. The summed E-state index contributed by atoms with van der Waals surface area (Å²) in [7, 11) is 0. The second-order valence-corrected chi connectivity index (χ2v) is 9.64. The van der Waals surface area contributed by atoms with Crippen LogP contribution in [0.5, 0.6) is 0 Å². The number of hydrogen-bond acceptors (Lipinski definition) is 10. The van der Waals surface area contributed by atoms with Gasteiger partial charge in [0.2, 0.25) is 29.5 Å². The van der Waals surface area contributed by atoms with Crippen molar-refractivity contribution in [3.8, 4) is 0 Å². The van der Waals surface area contributed by atoms with Crippen LogP contribution in [0, 0.1) is 0 Å². The highest BCUT2D eigenvalue weighted by Crippen LogP contribution is 2.20. The average molecular weight is 562 g/mol. The number of nitrogens with zero attached hydrogens (tertiary/aromatic N) is 1. The molecule has 0 bridgehead atoms. The molecule has 0 radical (unpaired) electrons. The molecule has 0 saturated carbocycles. The molecule has 0 aromatic carbocycles. The minimum atomic E-state index is -1.50. The van der Waals surface area contributed by atoms with E-state index in [2.05, 4.69) is 26.3 Å². The molecule has 6 atom stereocenters. The Balaban J connectivity index is 3.38. The number of rotatable bonds is 8. The predicted octanol–water partition coefficient (Wildman–Crippen LogP) is -5.61. The first-order valence-corrected chi connectivity index (χ1v) is 12.6. The molecule has 17 nitrogen and oxygen atoms in total. The van der Waals surface area contributed by atoms with Crippen LogP contribution in [-0.2, 0) is 28.8 Å². The Morgan fingerprint density at radius 2 is 1.58 bits per heavy atom. The summed E-state index contributed by atoms with van der Waals surface area (Å²) in [5, 5.41) is 27.4. The SMILES string of the molecule is C[C@@H]1NC(=O)C(CO)NC(=O)[C@@H](N)CSC(C(=O)O)C(CCCN=C(N)N)NC(=O)[C@H](CC(N)=O)NC1=O. The van der Waals surface area contributed by atoms with Gasteiger partial charge >= 0.3 is 5.97 Å². The fourth-order valence-corrected chi connectivity index (χ4v) is 4.45. The summed E-state index contributed by atoms with van der Waals surface area (Å²) in [6.45, 7) is 0.560. The van der Waals surface area contributed by atoms with Gasteiger partial charge in [-0.05, 0) is 19.8 Å². The number of nitrogens with two attached hydrogens (primary N) is 4. The van der Waals surface area contributed by atoms with Crippen molar-refractivity contribution in [1.82, 2.24) is 21.3 Å².